The maximum absolute atomic E-state index is 5.22. The van der Waals surface area contributed by atoms with Gasteiger partial charge in [0.1, 0.15) is 0 Å². The first-order chi connectivity index (χ1) is 9.88. The van der Waals surface area contributed by atoms with Gasteiger partial charge in [-0.15, -0.1) is 0 Å². The molecule has 2 aliphatic heterocycles. The highest BCUT2D eigenvalue weighted by Crippen LogP contribution is 2.32. The van der Waals surface area contributed by atoms with Gasteiger partial charge in [0.15, 0.2) is 0 Å². The number of furan rings is 1. The van der Waals surface area contributed by atoms with Gasteiger partial charge in [-0.05, 0) is 48.8 Å². The number of hydrogen-bond acceptors (Lipinski definition) is 2. The molecule has 0 unspecified atom stereocenters. The first-order valence-electron chi connectivity index (χ1n) is 7.70. The van der Waals surface area contributed by atoms with Crippen molar-refractivity contribution in [1.29, 1.82) is 0 Å². The molecule has 3 aliphatic rings. The number of fused-ring (bicyclic) bond motifs is 2. The van der Waals surface area contributed by atoms with E-state index in [2.05, 4.69) is 35.2 Å². The average Bonchev–Trinajstić information content (AvgIpc) is 2.93. The Kier molecular flexibility index (Phi) is 3.12. The second-order valence-electron chi connectivity index (χ2n) is 6.34. The molecule has 3 heterocycles. The van der Waals surface area contributed by atoms with Crippen molar-refractivity contribution < 1.29 is 4.42 Å². The van der Waals surface area contributed by atoms with Gasteiger partial charge in [-0.2, -0.15) is 0 Å². The van der Waals surface area contributed by atoms with E-state index in [1.54, 1.807) is 17.4 Å². The standard InChI is InChI=1S/C18H21NO/c1-2-4-17-10-18-6-5-14(9-16(17)3-1)11-19(18)12-15-7-8-20-13-15/h1-4,7-8,13-14,18H,5-6,9-12H2/t14-,18-/m1/s1. The Balaban J connectivity index is 1.60. The Morgan fingerprint density at radius 1 is 1.05 bits per heavy atom. The molecule has 0 amide bonds. The highest BCUT2D eigenvalue weighted by Gasteiger charge is 2.31. The summed E-state index contributed by atoms with van der Waals surface area (Å²) >= 11 is 0. The smallest absolute Gasteiger partial charge is 0.0947 e. The van der Waals surface area contributed by atoms with E-state index < -0.39 is 0 Å². The Labute approximate surface area is 120 Å². The highest BCUT2D eigenvalue weighted by molar-refractivity contribution is 5.30. The van der Waals surface area contributed by atoms with E-state index in [0.717, 1.165) is 12.5 Å². The summed E-state index contributed by atoms with van der Waals surface area (Å²) in [7, 11) is 0. The lowest BCUT2D eigenvalue weighted by molar-refractivity contribution is 0.0936. The minimum absolute atomic E-state index is 0.697. The van der Waals surface area contributed by atoms with Crippen LogP contribution in [0.15, 0.2) is 47.3 Å². The summed E-state index contributed by atoms with van der Waals surface area (Å²) in [6, 6.07) is 11.8. The highest BCUT2D eigenvalue weighted by atomic mass is 16.3. The zero-order valence-electron chi connectivity index (χ0n) is 11.8. The SMILES string of the molecule is c1ccc2c(c1)C[C@H]1CC[C@H](C2)N(Cc2ccoc2)C1. The van der Waals surface area contributed by atoms with Crippen LogP contribution in [-0.2, 0) is 19.4 Å². The molecule has 1 fully saturated rings. The molecule has 2 aromatic rings. The van der Waals surface area contributed by atoms with Gasteiger partial charge in [-0.3, -0.25) is 4.90 Å². The van der Waals surface area contributed by atoms with E-state index in [9.17, 15) is 0 Å². The molecular weight excluding hydrogens is 246 g/mol. The fourth-order valence-corrected chi connectivity index (χ4v) is 3.91. The van der Waals surface area contributed by atoms with E-state index in [0.29, 0.717) is 6.04 Å². The third-order valence-corrected chi connectivity index (χ3v) is 4.97. The van der Waals surface area contributed by atoms with Gasteiger partial charge in [0, 0.05) is 24.7 Å². The molecule has 0 spiro atoms. The second kappa shape index (κ2) is 5.10. The number of hydrogen-bond donors (Lipinski definition) is 0. The van der Waals surface area contributed by atoms with Gasteiger partial charge in [0.2, 0.25) is 0 Å². The summed E-state index contributed by atoms with van der Waals surface area (Å²) in [5, 5.41) is 0. The molecule has 2 atom stereocenters. The third-order valence-electron chi connectivity index (χ3n) is 4.97. The maximum atomic E-state index is 5.22. The van der Waals surface area contributed by atoms with E-state index in [4.69, 9.17) is 4.42 Å². The Morgan fingerprint density at radius 2 is 1.90 bits per heavy atom. The Morgan fingerprint density at radius 3 is 2.70 bits per heavy atom. The molecule has 104 valence electrons. The lowest BCUT2D eigenvalue weighted by atomic mass is 9.80. The largest absolute Gasteiger partial charge is 0.472 e. The van der Waals surface area contributed by atoms with E-state index in [-0.39, 0.29) is 0 Å². The predicted molar refractivity (Wildman–Crippen MR) is 79.5 cm³/mol. The van der Waals surface area contributed by atoms with Crippen molar-refractivity contribution in [2.24, 2.45) is 5.92 Å². The molecule has 1 aromatic carbocycles. The van der Waals surface area contributed by atoms with Crippen molar-refractivity contribution >= 4 is 0 Å². The molecule has 1 aliphatic carbocycles. The summed E-state index contributed by atoms with van der Waals surface area (Å²) in [6.07, 6.45) is 8.87. The summed E-state index contributed by atoms with van der Waals surface area (Å²) in [6.45, 7) is 2.28. The minimum atomic E-state index is 0.697. The Hall–Kier alpha value is -1.54. The Bertz CT molecular complexity index is 575. The third kappa shape index (κ3) is 2.29. The molecule has 2 nitrogen and oxygen atoms in total. The predicted octanol–water partition coefficient (Wildman–Crippen LogP) is 3.66. The van der Waals surface area contributed by atoms with Gasteiger partial charge >= 0.3 is 0 Å². The van der Waals surface area contributed by atoms with Gasteiger partial charge in [0.25, 0.3) is 0 Å². The fourth-order valence-electron chi connectivity index (χ4n) is 3.91. The molecule has 20 heavy (non-hydrogen) atoms. The van der Waals surface area contributed by atoms with Gasteiger partial charge in [-0.1, -0.05) is 24.3 Å². The molecule has 2 bridgehead atoms. The molecule has 0 radical (unpaired) electrons. The van der Waals surface area contributed by atoms with Crippen LogP contribution in [0.4, 0.5) is 0 Å². The average molecular weight is 267 g/mol. The van der Waals surface area contributed by atoms with Gasteiger partial charge in [-0.25, -0.2) is 0 Å². The molecular formula is C18H21NO. The van der Waals surface area contributed by atoms with Gasteiger partial charge < -0.3 is 4.42 Å². The van der Waals surface area contributed by atoms with Crippen molar-refractivity contribution in [3.63, 3.8) is 0 Å². The lowest BCUT2D eigenvalue weighted by Gasteiger charge is -2.42. The van der Waals surface area contributed by atoms with Crippen LogP contribution in [0, 0.1) is 5.92 Å². The summed E-state index contributed by atoms with van der Waals surface area (Å²) in [5.74, 6) is 0.819. The van der Waals surface area contributed by atoms with Crippen LogP contribution in [0.3, 0.4) is 0 Å². The first kappa shape index (κ1) is 12.2. The zero-order chi connectivity index (χ0) is 13.4. The quantitative estimate of drug-likeness (QED) is 0.825. The van der Waals surface area contributed by atoms with Crippen LogP contribution in [-0.4, -0.2) is 17.5 Å². The van der Waals surface area contributed by atoms with Crippen molar-refractivity contribution in [2.75, 3.05) is 6.54 Å². The summed E-state index contributed by atoms with van der Waals surface area (Å²) in [4.78, 5) is 2.68. The summed E-state index contributed by atoms with van der Waals surface area (Å²) < 4.78 is 5.22. The number of rotatable bonds is 2. The van der Waals surface area contributed by atoms with Crippen molar-refractivity contribution in [1.82, 2.24) is 4.90 Å². The topological polar surface area (TPSA) is 16.4 Å². The molecule has 2 heteroatoms. The number of piperidine rings is 1. The van der Waals surface area contributed by atoms with Crippen LogP contribution in [0.25, 0.3) is 0 Å². The molecule has 1 aromatic heterocycles. The number of benzene rings is 1. The van der Waals surface area contributed by atoms with E-state index >= 15 is 0 Å². The summed E-state index contributed by atoms with van der Waals surface area (Å²) in [5.41, 5.74) is 4.47. The van der Waals surface area contributed by atoms with Crippen molar-refractivity contribution in [2.45, 2.75) is 38.3 Å². The molecule has 5 rings (SSSR count). The van der Waals surface area contributed by atoms with Crippen molar-refractivity contribution in [3.05, 3.63) is 59.5 Å². The lowest BCUT2D eigenvalue weighted by Crippen LogP contribution is -2.46. The fraction of sp³-hybridized carbons (Fsp3) is 0.444. The first-order valence-corrected chi connectivity index (χ1v) is 7.70. The van der Waals surface area contributed by atoms with Crippen LogP contribution in [0.1, 0.15) is 29.5 Å². The van der Waals surface area contributed by atoms with Crippen LogP contribution in [0.2, 0.25) is 0 Å². The molecule has 0 saturated carbocycles. The zero-order valence-corrected chi connectivity index (χ0v) is 11.8. The number of nitrogens with zero attached hydrogens (tertiary/aromatic N) is 1. The van der Waals surface area contributed by atoms with Crippen molar-refractivity contribution in [3.8, 4) is 0 Å². The van der Waals surface area contributed by atoms with Crippen LogP contribution in [0.5, 0.6) is 0 Å². The van der Waals surface area contributed by atoms with E-state index in [1.165, 1.54) is 37.8 Å². The maximum Gasteiger partial charge on any atom is 0.0947 e. The molecule has 1 saturated heterocycles. The molecule has 0 N–H and O–H groups in total. The normalized spacial score (nSPS) is 26.0. The second-order valence-corrected chi connectivity index (χ2v) is 6.34. The van der Waals surface area contributed by atoms with Gasteiger partial charge in [0.05, 0.1) is 12.5 Å². The van der Waals surface area contributed by atoms with Crippen LogP contribution >= 0.6 is 0 Å². The van der Waals surface area contributed by atoms with Crippen LogP contribution < -0.4 is 0 Å². The monoisotopic (exact) mass is 267 g/mol. The van der Waals surface area contributed by atoms with E-state index in [1.807, 2.05) is 6.26 Å². The minimum Gasteiger partial charge on any atom is -0.472 e.